The molecule has 0 spiro atoms. The molecule has 0 radical (unpaired) electrons. The van der Waals surface area contributed by atoms with Gasteiger partial charge in [-0.2, -0.15) is 0 Å². The van der Waals surface area contributed by atoms with E-state index < -0.39 is 0 Å². The lowest BCUT2D eigenvalue weighted by molar-refractivity contribution is -0.142. The molecule has 1 saturated heterocycles. The first-order chi connectivity index (χ1) is 7.64. The molecule has 0 aromatic carbocycles. The summed E-state index contributed by atoms with van der Waals surface area (Å²) in [5, 5.41) is 2.62. The number of rotatable bonds is 3. The topological polar surface area (TPSA) is 75.4 Å². The molecule has 2 rings (SSSR count). The summed E-state index contributed by atoms with van der Waals surface area (Å²) >= 11 is 0. The Morgan fingerprint density at radius 3 is 2.69 bits per heavy atom. The zero-order valence-electron chi connectivity index (χ0n) is 9.66. The highest BCUT2D eigenvalue weighted by atomic mass is 16.2. The van der Waals surface area contributed by atoms with Crippen LogP contribution in [0.25, 0.3) is 0 Å². The maximum absolute atomic E-state index is 12.3. The van der Waals surface area contributed by atoms with Gasteiger partial charge in [0.05, 0.1) is 5.41 Å². The van der Waals surface area contributed by atoms with E-state index in [-0.39, 0.29) is 23.3 Å². The van der Waals surface area contributed by atoms with Crippen LogP contribution in [0.3, 0.4) is 0 Å². The molecule has 3 N–H and O–H groups in total. The Hall–Kier alpha value is -1.10. The predicted octanol–water partition coefficient (Wildman–Crippen LogP) is -0.538. The smallest absolute Gasteiger partial charge is 0.242 e. The summed E-state index contributed by atoms with van der Waals surface area (Å²) in [6, 6.07) is -0.276. The zero-order chi connectivity index (χ0) is 11.8. The molecular weight excluding hydrogens is 206 g/mol. The fourth-order valence-corrected chi connectivity index (χ4v) is 2.41. The molecule has 16 heavy (non-hydrogen) atoms. The first kappa shape index (κ1) is 11.4. The fourth-order valence-electron chi connectivity index (χ4n) is 2.41. The van der Waals surface area contributed by atoms with Gasteiger partial charge in [0.15, 0.2) is 0 Å². The van der Waals surface area contributed by atoms with Gasteiger partial charge in [0.2, 0.25) is 11.8 Å². The maximum atomic E-state index is 12.3. The van der Waals surface area contributed by atoms with Gasteiger partial charge in [0.25, 0.3) is 0 Å². The minimum atomic E-state index is -0.337. The molecule has 1 saturated carbocycles. The van der Waals surface area contributed by atoms with Gasteiger partial charge >= 0.3 is 0 Å². The Morgan fingerprint density at radius 1 is 1.50 bits per heavy atom. The maximum Gasteiger partial charge on any atom is 0.242 e. The minimum Gasteiger partial charge on any atom is -0.357 e. The summed E-state index contributed by atoms with van der Waals surface area (Å²) in [5.41, 5.74) is 5.31. The van der Waals surface area contributed by atoms with Gasteiger partial charge in [-0.05, 0) is 25.7 Å². The molecule has 1 aliphatic heterocycles. The first-order valence-corrected chi connectivity index (χ1v) is 5.87. The van der Waals surface area contributed by atoms with Crippen molar-refractivity contribution in [1.29, 1.82) is 0 Å². The number of likely N-dealkylation sites (N-methyl/N-ethyl adjacent to an activating group) is 1. The molecule has 1 heterocycles. The van der Waals surface area contributed by atoms with Crippen LogP contribution in [-0.4, -0.2) is 42.9 Å². The molecule has 0 aromatic heterocycles. The van der Waals surface area contributed by atoms with Crippen LogP contribution in [0.15, 0.2) is 0 Å². The van der Waals surface area contributed by atoms with E-state index >= 15 is 0 Å². The first-order valence-electron chi connectivity index (χ1n) is 5.87. The second-order valence-electron chi connectivity index (χ2n) is 4.76. The van der Waals surface area contributed by atoms with Crippen molar-refractivity contribution < 1.29 is 9.59 Å². The molecule has 2 amide bonds. The van der Waals surface area contributed by atoms with E-state index in [0.29, 0.717) is 13.1 Å². The molecule has 2 aliphatic rings. The number of carbonyl (C=O) groups excluding carboxylic acids is 2. The van der Waals surface area contributed by atoms with E-state index in [1.807, 2.05) is 0 Å². The third-order valence-electron chi connectivity index (χ3n) is 3.76. The average Bonchev–Trinajstić information content (AvgIpc) is 2.97. The number of nitrogens with zero attached hydrogens (tertiary/aromatic N) is 1. The number of hydrogen-bond acceptors (Lipinski definition) is 3. The van der Waals surface area contributed by atoms with Crippen LogP contribution in [-0.2, 0) is 9.59 Å². The highest BCUT2D eigenvalue weighted by Gasteiger charge is 2.52. The van der Waals surface area contributed by atoms with E-state index in [1.165, 1.54) is 0 Å². The van der Waals surface area contributed by atoms with Gasteiger partial charge in [0.1, 0.15) is 6.04 Å². The van der Waals surface area contributed by atoms with Gasteiger partial charge in [-0.3, -0.25) is 9.59 Å². The van der Waals surface area contributed by atoms with Crippen molar-refractivity contribution in [3.63, 3.8) is 0 Å². The Labute approximate surface area is 95.3 Å². The second kappa shape index (κ2) is 4.05. The normalized spacial score (nSPS) is 26.6. The molecule has 5 nitrogen and oxygen atoms in total. The van der Waals surface area contributed by atoms with E-state index in [1.54, 1.807) is 11.9 Å². The summed E-state index contributed by atoms with van der Waals surface area (Å²) in [7, 11) is 1.61. The van der Waals surface area contributed by atoms with E-state index in [4.69, 9.17) is 5.73 Å². The third-order valence-corrected chi connectivity index (χ3v) is 3.76. The van der Waals surface area contributed by atoms with Crippen molar-refractivity contribution in [2.75, 3.05) is 20.1 Å². The van der Waals surface area contributed by atoms with Gasteiger partial charge in [-0.1, -0.05) is 0 Å². The van der Waals surface area contributed by atoms with Crippen molar-refractivity contribution >= 4 is 11.8 Å². The Balaban J connectivity index is 2.08. The Kier molecular flexibility index (Phi) is 2.88. The molecule has 0 aromatic rings. The van der Waals surface area contributed by atoms with Crippen LogP contribution in [0.1, 0.15) is 25.7 Å². The largest absolute Gasteiger partial charge is 0.357 e. The van der Waals surface area contributed by atoms with Gasteiger partial charge in [0, 0.05) is 20.1 Å². The molecular formula is C11H19N3O2. The van der Waals surface area contributed by atoms with Crippen LogP contribution >= 0.6 is 0 Å². The summed E-state index contributed by atoms with van der Waals surface area (Å²) in [4.78, 5) is 25.6. The SMILES string of the molecule is CNC(=O)C1CCCN1C(=O)C1(CN)CC1. The number of amides is 2. The van der Waals surface area contributed by atoms with Crippen molar-refractivity contribution in [1.82, 2.24) is 10.2 Å². The molecule has 5 heteroatoms. The van der Waals surface area contributed by atoms with Crippen LogP contribution in [0.4, 0.5) is 0 Å². The standard InChI is InChI=1S/C11H19N3O2/c1-13-9(15)8-3-2-6-14(8)10(16)11(7-12)4-5-11/h8H,2-7,12H2,1H3,(H,13,15). The molecule has 1 aliphatic carbocycles. The fraction of sp³-hybridized carbons (Fsp3) is 0.818. The molecule has 0 bridgehead atoms. The van der Waals surface area contributed by atoms with Crippen LogP contribution < -0.4 is 11.1 Å². The van der Waals surface area contributed by atoms with E-state index in [9.17, 15) is 9.59 Å². The quantitative estimate of drug-likeness (QED) is 0.677. The van der Waals surface area contributed by atoms with Crippen molar-refractivity contribution in [2.24, 2.45) is 11.1 Å². The lowest BCUT2D eigenvalue weighted by atomic mass is 10.1. The molecule has 90 valence electrons. The van der Waals surface area contributed by atoms with Crippen molar-refractivity contribution in [3.8, 4) is 0 Å². The molecule has 1 unspecified atom stereocenters. The number of carbonyl (C=O) groups is 2. The monoisotopic (exact) mass is 225 g/mol. The number of hydrogen-bond donors (Lipinski definition) is 2. The zero-order valence-corrected chi connectivity index (χ0v) is 9.66. The lowest BCUT2D eigenvalue weighted by Gasteiger charge is -2.27. The van der Waals surface area contributed by atoms with Crippen LogP contribution in [0.5, 0.6) is 0 Å². The molecule has 2 fully saturated rings. The van der Waals surface area contributed by atoms with E-state index in [0.717, 1.165) is 25.7 Å². The average molecular weight is 225 g/mol. The van der Waals surface area contributed by atoms with Crippen LogP contribution in [0.2, 0.25) is 0 Å². The lowest BCUT2D eigenvalue weighted by Crippen LogP contribution is -2.48. The number of nitrogens with two attached hydrogens (primary N) is 1. The summed E-state index contributed by atoms with van der Waals surface area (Å²) < 4.78 is 0. The number of nitrogens with one attached hydrogen (secondary N) is 1. The Morgan fingerprint density at radius 2 is 2.19 bits per heavy atom. The molecule has 1 atom stereocenters. The summed E-state index contributed by atoms with van der Waals surface area (Å²) in [5.74, 6) is 0.0276. The number of likely N-dealkylation sites (tertiary alicyclic amines) is 1. The highest BCUT2D eigenvalue weighted by Crippen LogP contribution is 2.47. The minimum absolute atomic E-state index is 0.0568. The summed E-state index contributed by atoms with van der Waals surface area (Å²) in [6.07, 6.45) is 3.43. The van der Waals surface area contributed by atoms with Crippen molar-refractivity contribution in [3.05, 3.63) is 0 Å². The van der Waals surface area contributed by atoms with Crippen LogP contribution in [0, 0.1) is 5.41 Å². The third kappa shape index (κ3) is 1.69. The predicted molar refractivity (Wildman–Crippen MR) is 59.5 cm³/mol. The highest BCUT2D eigenvalue weighted by molar-refractivity contribution is 5.92. The van der Waals surface area contributed by atoms with Crippen molar-refractivity contribution in [2.45, 2.75) is 31.7 Å². The van der Waals surface area contributed by atoms with Gasteiger partial charge in [-0.25, -0.2) is 0 Å². The van der Waals surface area contributed by atoms with Gasteiger partial charge in [-0.15, -0.1) is 0 Å². The van der Waals surface area contributed by atoms with Gasteiger partial charge < -0.3 is 16.0 Å². The Bertz CT molecular complexity index is 312. The van der Waals surface area contributed by atoms with E-state index in [2.05, 4.69) is 5.32 Å². The summed E-state index contributed by atoms with van der Waals surface area (Å²) in [6.45, 7) is 1.10. The second-order valence-corrected chi connectivity index (χ2v) is 4.76.